The Bertz CT molecular complexity index is 598. The van der Waals surface area contributed by atoms with Gasteiger partial charge in [-0.25, -0.2) is 9.67 Å². The standard InChI is InChI=1S/C16H21N5O/c1-13(21-12-17-11-19-21)16(22)18-9-14-7-8-20(10-14)15-5-3-2-4-6-15/h2-6,11-14H,7-10H2,1H3,(H,18,22). The fraction of sp³-hybridized carbons (Fsp3) is 0.438. The Balaban J connectivity index is 1.48. The van der Waals surface area contributed by atoms with Crippen LogP contribution in [-0.2, 0) is 4.79 Å². The fourth-order valence-corrected chi connectivity index (χ4v) is 2.80. The summed E-state index contributed by atoms with van der Waals surface area (Å²) in [6.45, 7) is 4.57. The van der Waals surface area contributed by atoms with Crippen molar-refractivity contribution in [2.24, 2.45) is 5.92 Å². The number of benzene rings is 1. The lowest BCUT2D eigenvalue weighted by Crippen LogP contribution is -2.35. The van der Waals surface area contributed by atoms with Crippen molar-refractivity contribution in [2.75, 3.05) is 24.5 Å². The topological polar surface area (TPSA) is 63.1 Å². The minimum atomic E-state index is -0.325. The maximum absolute atomic E-state index is 12.1. The lowest BCUT2D eigenvalue weighted by molar-refractivity contribution is -0.124. The second kappa shape index (κ2) is 6.60. The second-order valence-corrected chi connectivity index (χ2v) is 5.73. The van der Waals surface area contributed by atoms with Crippen molar-refractivity contribution in [3.63, 3.8) is 0 Å². The molecule has 0 saturated carbocycles. The average molecular weight is 299 g/mol. The first kappa shape index (κ1) is 14.6. The summed E-state index contributed by atoms with van der Waals surface area (Å²) in [4.78, 5) is 18.4. The molecule has 1 amide bonds. The van der Waals surface area contributed by atoms with Crippen LogP contribution in [0.25, 0.3) is 0 Å². The van der Waals surface area contributed by atoms with E-state index in [1.165, 1.54) is 12.0 Å². The number of hydrogen-bond acceptors (Lipinski definition) is 4. The van der Waals surface area contributed by atoms with Crippen molar-refractivity contribution in [3.05, 3.63) is 43.0 Å². The summed E-state index contributed by atoms with van der Waals surface area (Å²) in [5.74, 6) is 0.482. The maximum atomic E-state index is 12.1. The molecule has 1 aliphatic rings. The molecule has 2 heterocycles. The Morgan fingerprint density at radius 2 is 2.23 bits per heavy atom. The maximum Gasteiger partial charge on any atom is 0.244 e. The Labute approximate surface area is 130 Å². The molecule has 2 aromatic rings. The first-order valence-corrected chi connectivity index (χ1v) is 7.66. The summed E-state index contributed by atoms with van der Waals surface area (Å²) in [6, 6.07) is 10.1. The summed E-state index contributed by atoms with van der Waals surface area (Å²) in [6.07, 6.45) is 4.11. The number of nitrogens with one attached hydrogen (secondary N) is 1. The first-order valence-electron chi connectivity index (χ1n) is 7.66. The number of anilines is 1. The molecular weight excluding hydrogens is 278 g/mol. The van der Waals surface area contributed by atoms with Crippen LogP contribution in [0.3, 0.4) is 0 Å². The third-order valence-electron chi connectivity index (χ3n) is 4.19. The highest BCUT2D eigenvalue weighted by atomic mass is 16.2. The van der Waals surface area contributed by atoms with Crippen molar-refractivity contribution in [3.8, 4) is 0 Å². The molecule has 1 fully saturated rings. The lowest BCUT2D eigenvalue weighted by Gasteiger charge is -2.19. The molecule has 0 spiro atoms. The van der Waals surface area contributed by atoms with Crippen LogP contribution in [0.2, 0.25) is 0 Å². The van der Waals surface area contributed by atoms with Gasteiger partial charge >= 0.3 is 0 Å². The largest absolute Gasteiger partial charge is 0.371 e. The van der Waals surface area contributed by atoms with Crippen LogP contribution < -0.4 is 10.2 Å². The third kappa shape index (κ3) is 3.27. The van der Waals surface area contributed by atoms with Crippen LogP contribution in [0.1, 0.15) is 19.4 Å². The van der Waals surface area contributed by atoms with Gasteiger partial charge in [0.15, 0.2) is 0 Å². The second-order valence-electron chi connectivity index (χ2n) is 5.73. The summed E-state index contributed by atoms with van der Waals surface area (Å²) in [5, 5.41) is 7.04. The van der Waals surface area contributed by atoms with E-state index in [2.05, 4.69) is 44.6 Å². The quantitative estimate of drug-likeness (QED) is 0.908. The summed E-state index contributed by atoms with van der Waals surface area (Å²) in [5.41, 5.74) is 1.26. The van der Waals surface area contributed by atoms with Crippen LogP contribution in [0.15, 0.2) is 43.0 Å². The summed E-state index contributed by atoms with van der Waals surface area (Å²) < 4.78 is 1.57. The number of amides is 1. The molecule has 22 heavy (non-hydrogen) atoms. The van der Waals surface area contributed by atoms with Gasteiger partial charge in [-0.2, -0.15) is 5.10 Å². The zero-order chi connectivity index (χ0) is 15.4. The number of rotatable bonds is 5. The van der Waals surface area contributed by atoms with E-state index in [4.69, 9.17) is 0 Å². The Hall–Kier alpha value is -2.37. The van der Waals surface area contributed by atoms with Crippen LogP contribution >= 0.6 is 0 Å². The molecule has 3 rings (SSSR count). The van der Waals surface area contributed by atoms with E-state index >= 15 is 0 Å². The highest BCUT2D eigenvalue weighted by molar-refractivity contribution is 5.79. The van der Waals surface area contributed by atoms with E-state index in [1.54, 1.807) is 11.0 Å². The molecule has 116 valence electrons. The number of hydrogen-bond donors (Lipinski definition) is 1. The van der Waals surface area contributed by atoms with E-state index in [1.807, 2.05) is 13.0 Å². The van der Waals surface area contributed by atoms with Gasteiger partial charge in [-0.3, -0.25) is 4.79 Å². The molecule has 1 saturated heterocycles. The van der Waals surface area contributed by atoms with Crippen molar-refractivity contribution in [1.29, 1.82) is 0 Å². The summed E-state index contributed by atoms with van der Waals surface area (Å²) >= 11 is 0. The van der Waals surface area contributed by atoms with Gasteiger partial charge in [0.1, 0.15) is 18.7 Å². The molecule has 0 aliphatic carbocycles. The number of nitrogens with zero attached hydrogens (tertiary/aromatic N) is 4. The van der Waals surface area contributed by atoms with E-state index in [9.17, 15) is 4.79 Å². The average Bonchev–Trinajstić information content (AvgIpc) is 3.24. The molecule has 0 bridgehead atoms. The van der Waals surface area contributed by atoms with E-state index in [-0.39, 0.29) is 11.9 Å². The highest BCUT2D eigenvalue weighted by Gasteiger charge is 2.24. The normalized spacial score (nSPS) is 19.1. The number of para-hydroxylation sites is 1. The van der Waals surface area contributed by atoms with Crippen molar-refractivity contribution < 1.29 is 4.79 Å². The van der Waals surface area contributed by atoms with Gasteiger partial charge in [0.25, 0.3) is 0 Å². The molecule has 1 N–H and O–H groups in total. The minimum Gasteiger partial charge on any atom is -0.371 e. The Kier molecular flexibility index (Phi) is 4.37. The zero-order valence-electron chi connectivity index (χ0n) is 12.7. The van der Waals surface area contributed by atoms with Gasteiger partial charge in [-0.05, 0) is 31.4 Å². The molecule has 0 radical (unpaired) electrons. The van der Waals surface area contributed by atoms with Crippen LogP contribution in [0, 0.1) is 5.92 Å². The monoisotopic (exact) mass is 299 g/mol. The molecular formula is C16H21N5O. The molecule has 2 atom stereocenters. The smallest absolute Gasteiger partial charge is 0.244 e. The van der Waals surface area contributed by atoms with Gasteiger partial charge in [0.2, 0.25) is 5.91 Å². The number of aromatic nitrogens is 3. The van der Waals surface area contributed by atoms with Crippen LogP contribution in [0.5, 0.6) is 0 Å². The van der Waals surface area contributed by atoms with Gasteiger partial charge < -0.3 is 10.2 Å². The predicted molar refractivity (Wildman–Crippen MR) is 84.5 cm³/mol. The number of carbonyl (C=O) groups excluding carboxylic acids is 1. The SMILES string of the molecule is CC(C(=O)NCC1CCN(c2ccccc2)C1)n1cncn1. The van der Waals surface area contributed by atoms with Crippen LogP contribution in [-0.4, -0.2) is 40.3 Å². The van der Waals surface area contributed by atoms with Gasteiger partial charge in [-0.1, -0.05) is 18.2 Å². The Morgan fingerprint density at radius 3 is 2.95 bits per heavy atom. The molecule has 1 aromatic heterocycles. The van der Waals surface area contributed by atoms with E-state index in [0.717, 1.165) is 19.5 Å². The summed E-state index contributed by atoms with van der Waals surface area (Å²) in [7, 11) is 0. The Morgan fingerprint density at radius 1 is 1.41 bits per heavy atom. The highest BCUT2D eigenvalue weighted by Crippen LogP contribution is 2.23. The van der Waals surface area contributed by atoms with Crippen molar-refractivity contribution in [2.45, 2.75) is 19.4 Å². The molecule has 1 aromatic carbocycles. The zero-order valence-corrected chi connectivity index (χ0v) is 12.7. The van der Waals surface area contributed by atoms with Gasteiger partial charge in [0.05, 0.1) is 0 Å². The predicted octanol–water partition coefficient (Wildman–Crippen LogP) is 1.48. The lowest BCUT2D eigenvalue weighted by atomic mass is 10.1. The number of carbonyl (C=O) groups is 1. The first-order chi connectivity index (χ1) is 10.7. The molecule has 6 heteroatoms. The van der Waals surface area contributed by atoms with Crippen molar-refractivity contribution in [1.82, 2.24) is 20.1 Å². The fourth-order valence-electron chi connectivity index (χ4n) is 2.80. The van der Waals surface area contributed by atoms with E-state index in [0.29, 0.717) is 12.5 Å². The third-order valence-corrected chi connectivity index (χ3v) is 4.19. The van der Waals surface area contributed by atoms with Gasteiger partial charge in [-0.15, -0.1) is 0 Å². The molecule has 6 nitrogen and oxygen atoms in total. The van der Waals surface area contributed by atoms with Crippen LogP contribution in [0.4, 0.5) is 5.69 Å². The molecule has 2 unspecified atom stereocenters. The van der Waals surface area contributed by atoms with Crippen molar-refractivity contribution >= 4 is 11.6 Å². The minimum absolute atomic E-state index is 0.0105. The van der Waals surface area contributed by atoms with Gasteiger partial charge in [0, 0.05) is 25.3 Å². The van der Waals surface area contributed by atoms with E-state index < -0.39 is 0 Å². The molecule has 1 aliphatic heterocycles.